The lowest BCUT2D eigenvalue weighted by Gasteiger charge is -2.26. The number of hydrogen-bond donors (Lipinski definition) is 0. The number of aromatic nitrogens is 2. The number of rotatable bonds is 10. The van der Waals surface area contributed by atoms with Crippen molar-refractivity contribution in [3.8, 4) is 23.7 Å². The summed E-state index contributed by atoms with van der Waals surface area (Å²) in [6.45, 7) is 13.5. The highest BCUT2D eigenvalue weighted by Crippen LogP contribution is 2.40. The third-order valence-corrected chi connectivity index (χ3v) is 14.9. The van der Waals surface area contributed by atoms with Crippen molar-refractivity contribution in [1.82, 2.24) is 8.75 Å². The van der Waals surface area contributed by atoms with Gasteiger partial charge < -0.3 is 4.90 Å². The van der Waals surface area contributed by atoms with Gasteiger partial charge in [-0.15, -0.1) is 0 Å². The highest BCUT2D eigenvalue weighted by Gasteiger charge is 2.28. The summed E-state index contributed by atoms with van der Waals surface area (Å²) in [6, 6.07) is 82.1. The quantitative estimate of drug-likeness (QED) is 0.0777. The van der Waals surface area contributed by atoms with Crippen LogP contribution < -0.4 is 21.3 Å². The third kappa shape index (κ3) is 10.7. The van der Waals surface area contributed by atoms with E-state index in [2.05, 4.69) is 289 Å². The molecule has 0 bridgehead atoms. The standard InChI is InChI=1S/C72H56BN3S/c1-49-45-51(3)69(52(4)46-49)73(70-53(5)47-50(2)48-54(70)6)63-41-31-56(32-42-63)30-36-62-38-37-61(71-72(62)75-77-74-71)35-29-55-27-33-59(34-28-55)67(57-19-11-7-12-20-57)68(58-21-13-8-14-22-58)60-39-43-66(44-40-60)76(64-23-15-9-16-24-64)65-25-17-10-18-26-65/h7-28,31-34,37-48H,1-6H3/b68-67-. The second-order valence-corrected chi connectivity index (χ2v) is 20.4. The molecule has 11 aromatic rings. The molecule has 0 spiro atoms. The van der Waals surface area contributed by atoms with E-state index < -0.39 is 0 Å². The molecule has 0 aliphatic heterocycles. The van der Waals surface area contributed by atoms with Crippen molar-refractivity contribution < 1.29 is 0 Å². The Hall–Kier alpha value is -9.26. The maximum atomic E-state index is 4.72. The SMILES string of the molecule is Cc1cc(C)c(B(c2ccc(C#Cc3ccc(C#Cc4ccc(/C(=C(/c5ccccc5)c5ccc(N(c6ccccc6)c6ccccc6)cc5)c5ccccc5)cc4)c4nsnc34)cc2)c2c(C)cc(C)cc2C)c(C)c1. The average Bonchev–Trinajstić information content (AvgIpc) is 3.97. The van der Waals surface area contributed by atoms with Crippen LogP contribution in [-0.4, -0.2) is 15.5 Å². The van der Waals surface area contributed by atoms with Crippen LogP contribution in [0.1, 0.15) is 77.9 Å². The van der Waals surface area contributed by atoms with Gasteiger partial charge in [-0.2, -0.15) is 8.75 Å². The zero-order chi connectivity index (χ0) is 52.8. The van der Waals surface area contributed by atoms with E-state index >= 15 is 0 Å². The minimum atomic E-state index is 0.106. The van der Waals surface area contributed by atoms with Gasteiger partial charge in [0.05, 0.1) is 22.9 Å². The first-order valence-corrected chi connectivity index (χ1v) is 26.9. The predicted octanol–water partition coefficient (Wildman–Crippen LogP) is 15.3. The number of anilines is 3. The van der Waals surface area contributed by atoms with Gasteiger partial charge in [0.15, 0.2) is 0 Å². The van der Waals surface area contributed by atoms with E-state index in [0.717, 1.165) is 83.7 Å². The van der Waals surface area contributed by atoms with Crippen LogP contribution in [0.5, 0.6) is 0 Å². The van der Waals surface area contributed by atoms with Crippen LogP contribution in [0.2, 0.25) is 0 Å². The smallest absolute Gasteiger partial charge is 0.242 e. The monoisotopic (exact) mass is 1010 g/mol. The predicted molar refractivity (Wildman–Crippen MR) is 327 cm³/mol. The van der Waals surface area contributed by atoms with Crippen LogP contribution >= 0.6 is 11.7 Å². The Morgan fingerprint density at radius 1 is 0.364 bits per heavy atom. The van der Waals surface area contributed by atoms with E-state index in [1.807, 2.05) is 12.1 Å². The van der Waals surface area contributed by atoms with Gasteiger partial charge >= 0.3 is 0 Å². The number of benzene rings is 10. The molecule has 0 unspecified atom stereocenters. The van der Waals surface area contributed by atoms with Crippen molar-refractivity contribution in [3.05, 3.63) is 308 Å². The van der Waals surface area contributed by atoms with Crippen LogP contribution in [0.4, 0.5) is 17.1 Å². The van der Waals surface area contributed by atoms with Gasteiger partial charge in [-0.25, -0.2) is 0 Å². The third-order valence-electron chi connectivity index (χ3n) is 14.4. The lowest BCUT2D eigenvalue weighted by molar-refractivity contribution is 1.28. The summed E-state index contributed by atoms with van der Waals surface area (Å²) in [5.74, 6) is 13.8. The van der Waals surface area contributed by atoms with E-state index in [4.69, 9.17) is 8.75 Å². The van der Waals surface area contributed by atoms with Crippen molar-refractivity contribution in [3.63, 3.8) is 0 Å². The summed E-state index contributed by atoms with van der Waals surface area (Å²) in [4.78, 5) is 2.30. The van der Waals surface area contributed by atoms with Crippen molar-refractivity contribution in [2.24, 2.45) is 0 Å². The largest absolute Gasteiger partial charge is 0.311 e. The van der Waals surface area contributed by atoms with E-state index in [-0.39, 0.29) is 6.71 Å². The van der Waals surface area contributed by atoms with Crippen LogP contribution in [0.15, 0.2) is 231 Å². The first kappa shape index (κ1) is 49.9. The number of fused-ring (bicyclic) bond motifs is 1. The van der Waals surface area contributed by atoms with Crippen molar-refractivity contribution in [1.29, 1.82) is 0 Å². The zero-order valence-electron chi connectivity index (χ0n) is 44.3. The van der Waals surface area contributed by atoms with E-state index in [9.17, 15) is 0 Å². The molecule has 0 aliphatic carbocycles. The summed E-state index contributed by atoms with van der Waals surface area (Å²) in [6.07, 6.45) is 0. The first-order valence-electron chi connectivity index (χ1n) is 26.2. The molecule has 0 atom stereocenters. The Labute approximate surface area is 458 Å². The number of nitrogens with zero attached hydrogens (tertiary/aromatic N) is 3. The van der Waals surface area contributed by atoms with Gasteiger partial charge in [0.25, 0.3) is 0 Å². The lowest BCUT2D eigenvalue weighted by atomic mass is 9.34. The van der Waals surface area contributed by atoms with E-state index in [1.165, 1.54) is 61.5 Å². The fourth-order valence-corrected chi connectivity index (χ4v) is 11.7. The van der Waals surface area contributed by atoms with Crippen LogP contribution in [0, 0.1) is 65.2 Å². The number of para-hydroxylation sites is 2. The molecule has 0 fully saturated rings. The Kier molecular flexibility index (Phi) is 14.5. The van der Waals surface area contributed by atoms with E-state index in [1.54, 1.807) is 0 Å². The molecule has 368 valence electrons. The molecular weight excluding hydrogens is 950 g/mol. The van der Waals surface area contributed by atoms with E-state index in [0.29, 0.717) is 0 Å². The second kappa shape index (κ2) is 22.3. The Bertz CT molecular complexity index is 3920. The molecule has 77 heavy (non-hydrogen) atoms. The highest BCUT2D eigenvalue weighted by atomic mass is 32.1. The number of hydrogen-bond acceptors (Lipinski definition) is 4. The summed E-state index contributed by atoms with van der Waals surface area (Å²) in [5, 5.41) is 0. The van der Waals surface area contributed by atoms with Gasteiger partial charge in [0, 0.05) is 28.2 Å². The molecular formula is C72H56BN3S. The summed E-state index contributed by atoms with van der Waals surface area (Å²) in [7, 11) is 0. The second-order valence-electron chi connectivity index (χ2n) is 19.9. The number of aryl methyl sites for hydroxylation is 6. The maximum absolute atomic E-state index is 4.72. The van der Waals surface area contributed by atoms with Crippen molar-refractivity contribution in [2.75, 3.05) is 4.90 Å². The molecule has 0 radical (unpaired) electrons. The molecule has 0 aliphatic rings. The molecule has 11 rings (SSSR count). The highest BCUT2D eigenvalue weighted by molar-refractivity contribution is 7.00. The zero-order valence-corrected chi connectivity index (χ0v) is 45.1. The van der Waals surface area contributed by atoms with Gasteiger partial charge in [-0.05, 0) is 148 Å². The fraction of sp³-hybridized carbons (Fsp3) is 0.0833. The lowest BCUT2D eigenvalue weighted by Crippen LogP contribution is -2.55. The van der Waals surface area contributed by atoms with Gasteiger partial charge in [0.2, 0.25) is 6.71 Å². The molecule has 0 amide bonds. The Balaban J connectivity index is 0.894. The summed E-state index contributed by atoms with van der Waals surface area (Å²) < 4.78 is 9.44. The topological polar surface area (TPSA) is 29.0 Å². The summed E-state index contributed by atoms with van der Waals surface area (Å²) >= 11 is 1.19. The Morgan fingerprint density at radius 3 is 1.10 bits per heavy atom. The van der Waals surface area contributed by atoms with Gasteiger partial charge in [-0.1, -0.05) is 231 Å². The van der Waals surface area contributed by atoms with Crippen LogP contribution in [0.3, 0.4) is 0 Å². The maximum Gasteiger partial charge on any atom is 0.242 e. The molecule has 1 aromatic heterocycles. The summed E-state index contributed by atoms with van der Waals surface area (Å²) in [5.41, 5.74) is 26.9. The molecule has 0 N–H and O–H groups in total. The average molecular weight is 1010 g/mol. The molecule has 0 saturated carbocycles. The molecule has 1 heterocycles. The normalized spacial score (nSPS) is 11.2. The molecule has 3 nitrogen and oxygen atoms in total. The van der Waals surface area contributed by atoms with Crippen molar-refractivity contribution in [2.45, 2.75) is 41.5 Å². The minimum absolute atomic E-state index is 0.106. The van der Waals surface area contributed by atoms with Gasteiger partial charge in [0.1, 0.15) is 11.0 Å². The minimum Gasteiger partial charge on any atom is -0.311 e. The Morgan fingerprint density at radius 2 is 0.701 bits per heavy atom. The molecule has 0 saturated heterocycles. The van der Waals surface area contributed by atoms with Crippen molar-refractivity contribution >= 4 is 74.1 Å². The fourth-order valence-electron chi connectivity index (χ4n) is 11.1. The van der Waals surface area contributed by atoms with Gasteiger partial charge in [-0.3, -0.25) is 0 Å². The molecule has 10 aromatic carbocycles. The molecule has 5 heteroatoms. The first-order chi connectivity index (χ1) is 37.7. The van der Waals surface area contributed by atoms with Crippen LogP contribution in [-0.2, 0) is 0 Å². The van der Waals surface area contributed by atoms with Crippen LogP contribution in [0.25, 0.3) is 22.2 Å².